The quantitative estimate of drug-likeness (QED) is 0.222. The molecule has 1 heterocycles. The zero-order valence-corrected chi connectivity index (χ0v) is 18.4. The predicted molar refractivity (Wildman–Crippen MR) is 118 cm³/mol. The largest absolute Gasteiger partial charge is 0.493 e. The fraction of sp³-hybridized carbons (Fsp3) is 0.167. The molecule has 0 aliphatic heterocycles. The Bertz CT molecular complexity index is 958. The fourth-order valence-electron chi connectivity index (χ4n) is 2.26. The Balaban J connectivity index is 1.56. The molecule has 0 saturated carbocycles. The minimum atomic E-state index is -0.189. The van der Waals surface area contributed by atoms with Crippen LogP contribution in [0.25, 0.3) is 10.2 Å². The van der Waals surface area contributed by atoms with E-state index in [2.05, 4.69) is 38.1 Å². The van der Waals surface area contributed by atoms with Crippen LogP contribution in [-0.4, -0.2) is 37.1 Å². The Morgan fingerprint density at radius 1 is 1.33 bits per heavy atom. The molecule has 1 amide bonds. The van der Waals surface area contributed by atoms with E-state index in [0.717, 1.165) is 23.7 Å². The second-order valence-electron chi connectivity index (χ2n) is 5.27. The SMILES string of the molecule is COc1cc(/C=N\NC(=O)CSc2nc3ccccc3s2)cc(I)c1OC. The minimum Gasteiger partial charge on any atom is -0.493 e. The highest BCUT2D eigenvalue weighted by molar-refractivity contribution is 14.1. The molecule has 0 aliphatic rings. The normalized spacial score (nSPS) is 11.1. The molecule has 0 fully saturated rings. The van der Waals surface area contributed by atoms with Gasteiger partial charge in [0.15, 0.2) is 15.8 Å². The van der Waals surface area contributed by atoms with Gasteiger partial charge < -0.3 is 9.47 Å². The number of nitrogens with zero attached hydrogens (tertiary/aromatic N) is 2. The van der Waals surface area contributed by atoms with Gasteiger partial charge >= 0.3 is 0 Å². The molecule has 9 heteroatoms. The van der Waals surface area contributed by atoms with E-state index in [9.17, 15) is 4.79 Å². The van der Waals surface area contributed by atoms with E-state index in [1.54, 1.807) is 37.8 Å². The predicted octanol–water partition coefficient (Wildman–Crippen LogP) is 4.16. The molecule has 0 spiro atoms. The van der Waals surface area contributed by atoms with Crippen molar-refractivity contribution in [1.82, 2.24) is 10.4 Å². The van der Waals surface area contributed by atoms with Gasteiger partial charge in [-0.25, -0.2) is 10.4 Å². The van der Waals surface area contributed by atoms with Crippen molar-refractivity contribution in [3.63, 3.8) is 0 Å². The van der Waals surface area contributed by atoms with E-state index in [0.29, 0.717) is 11.5 Å². The number of thioether (sulfide) groups is 1. The lowest BCUT2D eigenvalue weighted by molar-refractivity contribution is -0.118. The van der Waals surface area contributed by atoms with Crippen LogP contribution in [0.4, 0.5) is 0 Å². The number of hydrazone groups is 1. The summed E-state index contributed by atoms with van der Waals surface area (Å²) in [6, 6.07) is 11.6. The molecule has 3 aromatic rings. The lowest BCUT2D eigenvalue weighted by atomic mass is 10.2. The summed E-state index contributed by atoms with van der Waals surface area (Å²) in [4.78, 5) is 16.5. The zero-order chi connectivity index (χ0) is 19.2. The van der Waals surface area contributed by atoms with Crippen molar-refractivity contribution in [3.05, 3.63) is 45.5 Å². The fourth-order valence-corrected chi connectivity index (χ4v) is 4.97. The number of hydrogen-bond acceptors (Lipinski definition) is 7. The standard InChI is InChI=1S/C18H16IN3O3S2/c1-24-14-8-11(7-12(19)17(14)25-2)9-20-22-16(23)10-26-18-21-13-5-3-4-6-15(13)27-18/h3-9H,10H2,1-2H3,(H,22,23)/b20-9-. The summed E-state index contributed by atoms with van der Waals surface area (Å²) >= 11 is 5.14. The number of benzene rings is 2. The molecule has 3 rings (SSSR count). The van der Waals surface area contributed by atoms with E-state index >= 15 is 0 Å². The molecule has 27 heavy (non-hydrogen) atoms. The van der Waals surface area contributed by atoms with Crippen LogP contribution in [-0.2, 0) is 4.79 Å². The Morgan fingerprint density at radius 2 is 2.15 bits per heavy atom. The monoisotopic (exact) mass is 513 g/mol. The van der Waals surface area contributed by atoms with E-state index in [4.69, 9.17) is 9.47 Å². The van der Waals surface area contributed by atoms with Crippen LogP contribution in [0.15, 0.2) is 45.8 Å². The molecule has 0 aliphatic carbocycles. The smallest absolute Gasteiger partial charge is 0.250 e. The number of aromatic nitrogens is 1. The summed E-state index contributed by atoms with van der Waals surface area (Å²) in [5.74, 6) is 1.35. The van der Waals surface area contributed by atoms with Gasteiger partial charge in [-0.05, 0) is 52.4 Å². The summed E-state index contributed by atoms with van der Waals surface area (Å²) in [5.41, 5.74) is 4.29. The van der Waals surface area contributed by atoms with Crippen LogP contribution in [0.5, 0.6) is 11.5 Å². The maximum absolute atomic E-state index is 12.0. The number of amides is 1. The molecule has 0 bridgehead atoms. The molecule has 1 aromatic heterocycles. The van der Waals surface area contributed by atoms with Crippen LogP contribution >= 0.6 is 45.7 Å². The summed E-state index contributed by atoms with van der Waals surface area (Å²) in [6.45, 7) is 0. The highest BCUT2D eigenvalue weighted by atomic mass is 127. The number of rotatable bonds is 7. The van der Waals surface area contributed by atoms with Crippen molar-refractivity contribution in [3.8, 4) is 11.5 Å². The lowest BCUT2D eigenvalue weighted by Crippen LogP contribution is -2.19. The third-order valence-electron chi connectivity index (χ3n) is 3.46. The van der Waals surface area contributed by atoms with E-state index < -0.39 is 0 Å². The number of ether oxygens (including phenoxy) is 2. The minimum absolute atomic E-state index is 0.189. The van der Waals surface area contributed by atoms with Crippen molar-refractivity contribution in [2.75, 3.05) is 20.0 Å². The Hall–Kier alpha value is -1.85. The first-order valence-electron chi connectivity index (χ1n) is 7.82. The number of methoxy groups -OCH3 is 2. The number of halogens is 1. The first kappa shape index (κ1) is 19.9. The van der Waals surface area contributed by atoms with Gasteiger partial charge in [0.1, 0.15) is 0 Å². The molecule has 0 unspecified atom stereocenters. The number of fused-ring (bicyclic) bond motifs is 1. The van der Waals surface area contributed by atoms with Crippen molar-refractivity contribution in [2.24, 2.45) is 5.10 Å². The zero-order valence-electron chi connectivity index (χ0n) is 14.6. The average Bonchev–Trinajstić information content (AvgIpc) is 3.09. The van der Waals surface area contributed by atoms with Gasteiger partial charge in [-0.2, -0.15) is 5.10 Å². The number of hydrogen-bond donors (Lipinski definition) is 1. The third-order valence-corrected chi connectivity index (χ3v) is 6.44. The number of thiazole rings is 1. The summed E-state index contributed by atoms with van der Waals surface area (Å²) in [7, 11) is 3.17. The van der Waals surface area contributed by atoms with Crippen molar-refractivity contribution < 1.29 is 14.3 Å². The van der Waals surface area contributed by atoms with Crippen LogP contribution in [0.3, 0.4) is 0 Å². The third kappa shape index (κ3) is 5.11. The first-order chi connectivity index (χ1) is 13.1. The summed E-state index contributed by atoms with van der Waals surface area (Å²) < 4.78 is 13.5. The molecular weight excluding hydrogens is 497 g/mol. The van der Waals surface area contributed by atoms with Crippen LogP contribution in [0, 0.1) is 3.57 Å². The molecule has 140 valence electrons. The molecule has 2 aromatic carbocycles. The van der Waals surface area contributed by atoms with Gasteiger partial charge in [0.05, 0.1) is 40.0 Å². The van der Waals surface area contributed by atoms with Crippen LogP contribution < -0.4 is 14.9 Å². The maximum Gasteiger partial charge on any atom is 0.250 e. The van der Waals surface area contributed by atoms with Crippen molar-refractivity contribution >= 4 is 68.0 Å². The van der Waals surface area contributed by atoms with Crippen LogP contribution in [0.2, 0.25) is 0 Å². The van der Waals surface area contributed by atoms with Gasteiger partial charge in [-0.3, -0.25) is 4.79 Å². The van der Waals surface area contributed by atoms with Gasteiger partial charge in [0, 0.05) is 0 Å². The molecule has 6 nitrogen and oxygen atoms in total. The second-order valence-corrected chi connectivity index (χ2v) is 8.68. The van der Waals surface area contributed by atoms with E-state index in [1.165, 1.54) is 11.8 Å². The van der Waals surface area contributed by atoms with Gasteiger partial charge in [-0.1, -0.05) is 23.9 Å². The molecule has 0 radical (unpaired) electrons. The lowest BCUT2D eigenvalue weighted by Gasteiger charge is -2.10. The Labute approximate surface area is 178 Å². The number of carbonyl (C=O) groups is 1. The van der Waals surface area contributed by atoms with Gasteiger partial charge in [0.25, 0.3) is 5.91 Å². The van der Waals surface area contributed by atoms with E-state index in [1.807, 2.05) is 30.3 Å². The number of nitrogens with one attached hydrogen (secondary N) is 1. The molecular formula is C18H16IN3O3S2. The van der Waals surface area contributed by atoms with Crippen molar-refractivity contribution in [2.45, 2.75) is 4.34 Å². The maximum atomic E-state index is 12.0. The number of para-hydroxylation sites is 1. The Kier molecular flexibility index (Phi) is 6.91. The molecule has 0 atom stereocenters. The van der Waals surface area contributed by atoms with E-state index in [-0.39, 0.29) is 11.7 Å². The van der Waals surface area contributed by atoms with Crippen molar-refractivity contribution in [1.29, 1.82) is 0 Å². The second kappa shape index (κ2) is 9.38. The molecule has 1 N–H and O–H groups in total. The highest BCUT2D eigenvalue weighted by Crippen LogP contribution is 2.33. The van der Waals surface area contributed by atoms with Gasteiger partial charge in [0.2, 0.25) is 0 Å². The first-order valence-corrected chi connectivity index (χ1v) is 10.7. The summed E-state index contributed by atoms with van der Waals surface area (Å²) in [5, 5.41) is 4.01. The Morgan fingerprint density at radius 3 is 2.89 bits per heavy atom. The van der Waals surface area contributed by atoms with Crippen LogP contribution in [0.1, 0.15) is 5.56 Å². The summed E-state index contributed by atoms with van der Waals surface area (Å²) in [6.07, 6.45) is 1.57. The van der Waals surface area contributed by atoms with Gasteiger partial charge in [-0.15, -0.1) is 11.3 Å². The average molecular weight is 513 g/mol. The number of carbonyl (C=O) groups excluding carboxylic acids is 1. The molecule has 0 saturated heterocycles. The topological polar surface area (TPSA) is 72.8 Å². The highest BCUT2D eigenvalue weighted by Gasteiger charge is 2.10.